The summed E-state index contributed by atoms with van der Waals surface area (Å²) in [5.74, 6) is 0.669. The molecular weight excluding hydrogens is 250 g/mol. The molecule has 1 aliphatic rings. The molecule has 1 saturated heterocycles. The van der Waals surface area contributed by atoms with E-state index in [1.54, 1.807) is 0 Å². The van der Waals surface area contributed by atoms with Gasteiger partial charge < -0.3 is 10.1 Å². The zero-order chi connectivity index (χ0) is 14.4. The molecule has 1 fully saturated rings. The number of hydrogen-bond acceptors (Lipinski definition) is 3. The average Bonchev–Trinajstić information content (AvgIpc) is 2.92. The van der Waals surface area contributed by atoms with Crippen molar-refractivity contribution in [3.63, 3.8) is 0 Å². The maximum Gasteiger partial charge on any atom is 0.0625 e. The number of rotatable bonds is 7. The lowest BCUT2D eigenvalue weighted by Gasteiger charge is -2.31. The maximum absolute atomic E-state index is 5.52. The van der Waals surface area contributed by atoms with Crippen LogP contribution >= 0.6 is 0 Å². The second kappa shape index (κ2) is 7.79. The number of aromatic nitrogens is 2. The zero-order valence-electron chi connectivity index (χ0n) is 13.2. The number of hydrogen-bond donors (Lipinski definition) is 1. The lowest BCUT2D eigenvalue weighted by molar-refractivity contribution is 0.0524. The topological polar surface area (TPSA) is 39.1 Å². The van der Waals surface area contributed by atoms with Crippen molar-refractivity contribution in [2.75, 3.05) is 19.8 Å². The molecule has 0 aromatic carbocycles. The third-order valence-corrected chi connectivity index (χ3v) is 4.19. The molecule has 1 aliphatic heterocycles. The molecule has 1 aromatic heterocycles. The smallest absolute Gasteiger partial charge is 0.0625 e. The van der Waals surface area contributed by atoms with Crippen LogP contribution < -0.4 is 5.32 Å². The first-order valence-corrected chi connectivity index (χ1v) is 8.17. The summed E-state index contributed by atoms with van der Waals surface area (Å²) in [7, 11) is 0. The minimum Gasteiger partial charge on any atom is -0.381 e. The maximum atomic E-state index is 5.52. The first kappa shape index (κ1) is 15.5. The Kier molecular flexibility index (Phi) is 6.05. The van der Waals surface area contributed by atoms with Crippen LogP contribution in [0.3, 0.4) is 0 Å². The predicted molar refractivity (Wildman–Crippen MR) is 81.9 cm³/mol. The highest BCUT2D eigenvalue weighted by Crippen LogP contribution is 2.30. The van der Waals surface area contributed by atoms with E-state index in [-0.39, 0.29) is 0 Å². The Bertz CT molecular complexity index is 396. The van der Waals surface area contributed by atoms with Crippen molar-refractivity contribution in [1.82, 2.24) is 15.1 Å². The number of ether oxygens (including phenoxy) is 1. The van der Waals surface area contributed by atoms with E-state index in [9.17, 15) is 0 Å². The van der Waals surface area contributed by atoms with Crippen molar-refractivity contribution < 1.29 is 4.74 Å². The number of nitrogens with zero attached hydrogens (tertiary/aromatic N) is 2. The van der Waals surface area contributed by atoms with Gasteiger partial charge in [-0.1, -0.05) is 13.8 Å². The summed E-state index contributed by atoms with van der Waals surface area (Å²) in [5.41, 5.74) is 2.57. The molecule has 0 aliphatic carbocycles. The highest BCUT2D eigenvalue weighted by molar-refractivity contribution is 5.16. The Balaban J connectivity index is 2.21. The fourth-order valence-corrected chi connectivity index (χ4v) is 3.02. The van der Waals surface area contributed by atoms with Gasteiger partial charge >= 0.3 is 0 Å². The lowest BCUT2D eigenvalue weighted by atomic mass is 9.89. The van der Waals surface area contributed by atoms with Gasteiger partial charge in [0.2, 0.25) is 0 Å². The molecule has 2 rings (SSSR count). The monoisotopic (exact) mass is 279 g/mol. The minimum atomic E-state index is 0.423. The first-order chi connectivity index (χ1) is 9.80. The quantitative estimate of drug-likeness (QED) is 0.834. The highest BCUT2D eigenvalue weighted by Gasteiger charge is 2.27. The van der Waals surface area contributed by atoms with Gasteiger partial charge in [-0.3, -0.25) is 4.68 Å². The summed E-state index contributed by atoms with van der Waals surface area (Å²) in [6, 6.07) is 2.72. The SMILES string of the molecule is CCCNC(c1cc(CC)nn1CC)C1CCOCC1. The molecule has 4 heteroatoms. The number of aryl methyl sites for hydroxylation is 2. The Morgan fingerprint density at radius 1 is 1.35 bits per heavy atom. The van der Waals surface area contributed by atoms with Crippen LogP contribution in [-0.2, 0) is 17.7 Å². The van der Waals surface area contributed by atoms with Gasteiger partial charge in [-0.2, -0.15) is 5.10 Å². The molecule has 20 heavy (non-hydrogen) atoms. The summed E-state index contributed by atoms with van der Waals surface area (Å²) in [6.07, 6.45) is 4.48. The van der Waals surface area contributed by atoms with Crippen LogP contribution in [0.5, 0.6) is 0 Å². The van der Waals surface area contributed by atoms with Crippen molar-refractivity contribution in [2.24, 2.45) is 5.92 Å². The van der Waals surface area contributed by atoms with E-state index in [0.717, 1.165) is 45.6 Å². The summed E-state index contributed by atoms with van der Waals surface area (Å²) in [4.78, 5) is 0. The van der Waals surface area contributed by atoms with Gasteiger partial charge in [0, 0.05) is 19.8 Å². The Labute approximate surface area is 122 Å². The van der Waals surface area contributed by atoms with Gasteiger partial charge in [0.05, 0.1) is 17.4 Å². The molecule has 1 unspecified atom stereocenters. The van der Waals surface area contributed by atoms with Crippen molar-refractivity contribution in [3.8, 4) is 0 Å². The van der Waals surface area contributed by atoms with Crippen molar-refractivity contribution >= 4 is 0 Å². The molecule has 0 bridgehead atoms. The minimum absolute atomic E-state index is 0.423. The highest BCUT2D eigenvalue weighted by atomic mass is 16.5. The first-order valence-electron chi connectivity index (χ1n) is 8.17. The zero-order valence-corrected chi connectivity index (χ0v) is 13.2. The fraction of sp³-hybridized carbons (Fsp3) is 0.812. The van der Waals surface area contributed by atoms with Crippen LogP contribution in [0.25, 0.3) is 0 Å². The largest absolute Gasteiger partial charge is 0.381 e. The van der Waals surface area contributed by atoms with Crippen LogP contribution in [-0.4, -0.2) is 29.5 Å². The third-order valence-electron chi connectivity index (χ3n) is 4.19. The van der Waals surface area contributed by atoms with Crippen LogP contribution in [0.15, 0.2) is 6.07 Å². The molecule has 114 valence electrons. The standard InChI is InChI=1S/C16H29N3O/c1-4-9-17-16(13-7-10-20-11-8-13)15-12-14(5-2)18-19(15)6-3/h12-13,16-17H,4-11H2,1-3H3. The normalized spacial score (nSPS) is 18.4. The molecule has 1 N–H and O–H groups in total. The predicted octanol–water partition coefficient (Wildman–Crippen LogP) is 2.93. The average molecular weight is 279 g/mol. The van der Waals surface area contributed by atoms with Crippen molar-refractivity contribution in [3.05, 3.63) is 17.5 Å². The second-order valence-corrected chi connectivity index (χ2v) is 5.61. The second-order valence-electron chi connectivity index (χ2n) is 5.61. The Morgan fingerprint density at radius 2 is 2.10 bits per heavy atom. The lowest BCUT2D eigenvalue weighted by Crippen LogP contribution is -2.34. The van der Waals surface area contributed by atoms with E-state index in [0.29, 0.717) is 12.0 Å². The molecule has 1 aromatic rings. The van der Waals surface area contributed by atoms with Gasteiger partial charge in [0.15, 0.2) is 0 Å². The van der Waals surface area contributed by atoms with Crippen LogP contribution in [0.2, 0.25) is 0 Å². The van der Waals surface area contributed by atoms with Gasteiger partial charge in [0.25, 0.3) is 0 Å². The van der Waals surface area contributed by atoms with Crippen molar-refractivity contribution in [1.29, 1.82) is 0 Å². The van der Waals surface area contributed by atoms with Gasteiger partial charge in [-0.05, 0) is 51.1 Å². The summed E-state index contributed by atoms with van der Waals surface area (Å²) >= 11 is 0. The van der Waals surface area contributed by atoms with Gasteiger partial charge in [-0.25, -0.2) is 0 Å². The van der Waals surface area contributed by atoms with E-state index in [1.807, 2.05) is 0 Å². The molecule has 0 radical (unpaired) electrons. The summed E-state index contributed by atoms with van der Waals surface area (Å²) in [5, 5.41) is 8.47. The van der Waals surface area contributed by atoms with Gasteiger partial charge in [0.1, 0.15) is 0 Å². The molecule has 0 spiro atoms. The molecule has 0 saturated carbocycles. The molecule has 0 amide bonds. The fourth-order valence-electron chi connectivity index (χ4n) is 3.02. The van der Waals surface area contributed by atoms with Crippen LogP contribution in [0.4, 0.5) is 0 Å². The van der Waals surface area contributed by atoms with E-state index in [2.05, 4.69) is 36.8 Å². The van der Waals surface area contributed by atoms with Crippen LogP contribution in [0.1, 0.15) is 57.5 Å². The third kappa shape index (κ3) is 3.61. The van der Waals surface area contributed by atoms with Crippen LogP contribution in [0, 0.1) is 5.92 Å². The van der Waals surface area contributed by atoms with E-state index in [4.69, 9.17) is 9.84 Å². The Hall–Kier alpha value is -0.870. The molecule has 1 atom stereocenters. The molecule has 2 heterocycles. The van der Waals surface area contributed by atoms with E-state index in [1.165, 1.54) is 17.8 Å². The Morgan fingerprint density at radius 3 is 2.70 bits per heavy atom. The molecule has 4 nitrogen and oxygen atoms in total. The van der Waals surface area contributed by atoms with E-state index >= 15 is 0 Å². The summed E-state index contributed by atoms with van der Waals surface area (Å²) < 4.78 is 7.71. The van der Waals surface area contributed by atoms with Gasteiger partial charge in [-0.15, -0.1) is 0 Å². The molecular formula is C16H29N3O. The van der Waals surface area contributed by atoms with E-state index < -0.39 is 0 Å². The number of nitrogens with one attached hydrogen (secondary N) is 1. The summed E-state index contributed by atoms with van der Waals surface area (Å²) in [6.45, 7) is 10.4. The van der Waals surface area contributed by atoms with Crippen molar-refractivity contribution in [2.45, 2.75) is 59.0 Å².